The number of rotatable bonds is 3. The van der Waals surface area contributed by atoms with E-state index in [1.807, 2.05) is 6.92 Å². The van der Waals surface area contributed by atoms with Crippen LogP contribution in [0, 0.1) is 34.5 Å². The van der Waals surface area contributed by atoms with Gasteiger partial charge in [0.2, 0.25) is 0 Å². The molecule has 7 heteroatoms. The molecule has 6 nitrogen and oxygen atoms in total. The van der Waals surface area contributed by atoms with E-state index in [0.29, 0.717) is 24.4 Å². The Bertz CT molecular complexity index is 962. The third-order valence-corrected chi connectivity index (χ3v) is 13.2. The number of carbonyl (C=O) groups is 1. The number of ether oxygens (including phenoxy) is 3. The molecule has 6 aliphatic rings. The molecule has 0 amide bonds. The van der Waals surface area contributed by atoms with Gasteiger partial charge in [0, 0.05) is 18.0 Å². The molecule has 0 aromatic heterocycles. The number of aliphatic hydroxyl groups excluding tert-OH is 1. The quantitative estimate of drug-likeness (QED) is 0.338. The number of aliphatic hydroxyl groups is 1. The summed E-state index contributed by atoms with van der Waals surface area (Å²) in [5.74, 6) is 1.54. The number of cyclic esters (lactones) is 1. The van der Waals surface area contributed by atoms with Gasteiger partial charge in [-0.05, 0) is 104 Å². The lowest BCUT2D eigenvalue weighted by molar-refractivity contribution is -0.259. The molecule has 0 aromatic rings. The SMILES string of the molecule is B[C@@]12CC[C@H](C3=CC(=O)OC3)[C@@]1(C)CCC1(N)C2CCC2C[C@@H](OC3C[C@H](C)[C@H](O)[C@H](C)O3)CC[C@@]21C. The first kappa shape index (κ1) is 26.3. The fourth-order valence-corrected chi connectivity index (χ4v) is 10.6. The predicted molar refractivity (Wildman–Crippen MR) is 144 cm³/mol. The van der Waals surface area contributed by atoms with Crippen LogP contribution >= 0.6 is 0 Å². The molecule has 3 N–H and O–H groups in total. The smallest absolute Gasteiger partial charge is 0.331 e. The highest BCUT2D eigenvalue weighted by molar-refractivity contribution is 6.16. The van der Waals surface area contributed by atoms with Gasteiger partial charge in [0.1, 0.15) is 14.5 Å². The van der Waals surface area contributed by atoms with Crippen LogP contribution in [-0.4, -0.2) is 55.7 Å². The van der Waals surface area contributed by atoms with E-state index in [2.05, 4.69) is 28.6 Å². The van der Waals surface area contributed by atoms with Crippen LogP contribution in [0.15, 0.2) is 11.6 Å². The minimum Gasteiger partial charge on any atom is -0.458 e. The minimum atomic E-state index is -0.409. The Morgan fingerprint density at radius 2 is 1.84 bits per heavy atom. The number of hydrogen-bond acceptors (Lipinski definition) is 6. The van der Waals surface area contributed by atoms with Gasteiger partial charge >= 0.3 is 5.97 Å². The van der Waals surface area contributed by atoms with Crippen molar-refractivity contribution in [2.45, 2.75) is 127 Å². The number of carbonyl (C=O) groups excluding carboxylic acids is 1. The van der Waals surface area contributed by atoms with Crippen molar-refractivity contribution < 1.29 is 24.1 Å². The van der Waals surface area contributed by atoms with Crippen molar-refractivity contribution in [3.63, 3.8) is 0 Å². The van der Waals surface area contributed by atoms with Crippen molar-refractivity contribution in [1.29, 1.82) is 0 Å². The van der Waals surface area contributed by atoms with Crippen molar-refractivity contribution >= 4 is 13.8 Å². The molecular formula is C30H48BNO5. The summed E-state index contributed by atoms with van der Waals surface area (Å²) in [5.41, 5.74) is 9.02. The first-order chi connectivity index (χ1) is 17.4. The van der Waals surface area contributed by atoms with E-state index >= 15 is 0 Å². The molecule has 5 fully saturated rings. The van der Waals surface area contributed by atoms with E-state index in [-0.39, 0.29) is 52.1 Å². The zero-order chi connectivity index (χ0) is 26.4. The highest BCUT2D eigenvalue weighted by Crippen LogP contribution is 2.76. The van der Waals surface area contributed by atoms with Crippen molar-refractivity contribution in [3.05, 3.63) is 11.6 Å². The summed E-state index contributed by atoms with van der Waals surface area (Å²) in [5, 5.41) is 10.5. The predicted octanol–water partition coefficient (Wildman–Crippen LogP) is 3.90. The van der Waals surface area contributed by atoms with Crippen LogP contribution < -0.4 is 5.73 Å². The zero-order valence-electron chi connectivity index (χ0n) is 23.6. The third-order valence-electron chi connectivity index (χ3n) is 13.2. The molecule has 0 bridgehead atoms. The summed E-state index contributed by atoms with van der Waals surface area (Å²) in [6.07, 6.45) is 12.1. The van der Waals surface area contributed by atoms with Gasteiger partial charge in [0.25, 0.3) is 0 Å². The lowest BCUT2D eigenvalue weighted by Gasteiger charge is -2.69. The normalized spacial score (nSPS) is 55.6. The highest BCUT2D eigenvalue weighted by Gasteiger charge is 2.70. The second-order valence-corrected chi connectivity index (χ2v) is 14.5. The number of hydrogen-bond donors (Lipinski definition) is 2. The Balaban J connectivity index is 1.19. The van der Waals surface area contributed by atoms with E-state index in [4.69, 9.17) is 19.9 Å². The Morgan fingerprint density at radius 3 is 2.54 bits per heavy atom. The van der Waals surface area contributed by atoms with Gasteiger partial charge < -0.3 is 25.1 Å². The topological polar surface area (TPSA) is 91.0 Å². The van der Waals surface area contributed by atoms with Crippen LogP contribution in [0.3, 0.4) is 0 Å². The monoisotopic (exact) mass is 513 g/mol. The maximum Gasteiger partial charge on any atom is 0.331 e. The molecule has 0 aromatic carbocycles. The van der Waals surface area contributed by atoms with E-state index in [1.54, 1.807) is 6.08 Å². The summed E-state index contributed by atoms with van der Waals surface area (Å²) < 4.78 is 17.9. The molecule has 2 heterocycles. The summed E-state index contributed by atoms with van der Waals surface area (Å²) in [6, 6.07) is 0. The van der Waals surface area contributed by atoms with Gasteiger partial charge in [-0.2, -0.15) is 0 Å². The van der Waals surface area contributed by atoms with Crippen LogP contribution in [0.2, 0.25) is 5.31 Å². The Labute approximate surface area is 223 Å². The lowest BCUT2D eigenvalue weighted by atomic mass is 9.33. The maximum absolute atomic E-state index is 11.9. The molecule has 1 saturated heterocycles. The van der Waals surface area contributed by atoms with Gasteiger partial charge in [0.15, 0.2) is 6.29 Å². The molecular weight excluding hydrogens is 465 g/mol. The summed E-state index contributed by atoms with van der Waals surface area (Å²) in [6.45, 7) is 9.53. The van der Waals surface area contributed by atoms with Gasteiger partial charge in [-0.25, -0.2) is 4.79 Å². The largest absolute Gasteiger partial charge is 0.458 e. The van der Waals surface area contributed by atoms with Gasteiger partial charge in [-0.3, -0.25) is 0 Å². The molecule has 4 saturated carbocycles. The van der Waals surface area contributed by atoms with Gasteiger partial charge in [-0.15, -0.1) is 0 Å². The molecule has 2 aliphatic heterocycles. The fraction of sp³-hybridized carbons (Fsp3) is 0.900. The van der Waals surface area contributed by atoms with Crippen LogP contribution in [0.4, 0.5) is 0 Å². The van der Waals surface area contributed by atoms with E-state index in [9.17, 15) is 9.90 Å². The Kier molecular flexibility index (Phi) is 6.27. The Morgan fingerprint density at radius 1 is 1.05 bits per heavy atom. The standard InChI is InChI=1S/C30H48BNO5/c1-17-13-25(36-18(2)26(17)34)37-21-7-9-27(3)20(15-21)5-6-23-29(31)10-8-22(19-14-24(33)35-16-19)28(29,4)11-12-30(23,27)32/h14,17-18,20-23,25-26,34H,5-13,15-16,31-32H2,1-4H3/t17-,18-,20?,21-,22+,23?,25?,26-,27-,28+,29+,30?/m0/s1. The molecule has 4 unspecified atom stereocenters. The van der Waals surface area contributed by atoms with Gasteiger partial charge in [0.05, 0.1) is 18.3 Å². The van der Waals surface area contributed by atoms with E-state index in [1.165, 1.54) is 24.8 Å². The van der Waals surface area contributed by atoms with Crippen LogP contribution in [-0.2, 0) is 19.0 Å². The fourth-order valence-electron chi connectivity index (χ4n) is 10.6. The third kappa shape index (κ3) is 3.69. The minimum absolute atomic E-state index is 0.119. The highest BCUT2D eigenvalue weighted by atomic mass is 16.7. The molecule has 206 valence electrons. The summed E-state index contributed by atoms with van der Waals surface area (Å²) in [7, 11) is 2.53. The van der Waals surface area contributed by atoms with Gasteiger partial charge in [-0.1, -0.05) is 27.2 Å². The average molecular weight is 514 g/mol. The lowest BCUT2D eigenvalue weighted by Crippen LogP contribution is -2.71. The van der Waals surface area contributed by atoms with Crippen LogP contribution in [0.25, 0.3) is 0 Å². The summed E-state index contributed by atoms with van der Waals surface area (Å²) in [4.78, 5) is 11.9. The van der Waals surface area contributed by atoms with Crippen LogP contribution in [0.1, 0.15) is 91.9 Å². The van der Waals surface area contributed by atoms with Crippen molar-refractivity contribution in [2.75, 3.05) is 6.61 Å². The second kappa shape index (κ2) is 8.81. The van der Waals surface area contributed by atoms with Crippen molar-refractivity contribution in [2.24, 2.45) is 40.2 Å². The average Bonchev–Trinajstić information content (AvgIpc) is 3.38. The molecule has 37 heavy (non-hydrogen) atoms. The van der Waals surface area contributed by atoms with E-state index in [0.717, 1.165) is 44.9 Å². The number of nitrogens with two attached hydrogens (primary N) is 1. The molecule has 0 radical (unpaired) electrons. The molecule has 4 aliphatic carbocycles. The first-order valence-electron chi connectivity index (χ1n) is 15.1. The Hall–Kier alpha value is -0.885. The second-order valence-electron chi connectivity index (χ2n) is 14.5. The molecule has 6 rings (SSSR count). The van der Waals surface area contributed by atoms with Crippen molar-refractivity contribution in [3.8, 4) is 0 Å². The zero-order valence-corrected chi connectivity index (χ0v) is 23.6. The van der Waals surface area contributed by atoms with Crippen molar-refractivity contribution in [1.82, 2.24) is 0 Å². The summed E-state index contributed by atoms with van der Waals surface area (Å²) >= 11 is 0. The molecule has 12 atom stereocenters. The number of esters is 1. The van der Waals surface area contributed by atoms with Crippen LogP contribution in [0.5, 0.6) is 0 Å². The molecule has 0 spiro atoms. The number of fused-ring (bicyclic) bond motifs is 5. The maximum atomic E-state index is 11.9. The first-order valence-corrected chi connectivity index (χ1v) is 15.1. The van der Waals surface area contributed by atoms with E-state index < -0.39 is 6.10 Å².